The van der Waals surface area contributed by atoms with E-state index in [1.165, 1.54) is 27.7 Å². The number of aromatic nitrogens is 4. The highest BCUT2D eigenvalue weighted by atomic mass is 35.5. The van der Waals surface area contributed by atoms with Gasteiger partial charge in [0.05, 0.1) is 30.1 Å². The monoisotopic (exact) mass is 635 g/mol. The van der Waals surface area contributed by atoms with E-state index >= 15 is 0 Å². The maximum Gasteiger partial charge on any atom is 0.306 e. The summed E-state index contributed by atoms with van der Waals surface area (Å²) >= 11 is 6.21. The van der Waals surface area contributed by atoms with Crippen molar-refractivity contribution in [2.24, 2.45) is 7.05 Å². The molecule has 1 aliphatic heterocycles. The summed E-state index contributed by atoms with van der Waals surface area (Å²) in [6, 6.07) is 9.73. The molecule has 0 radical (unpaired) electrons. The largest absolute Gasteiger partial charge is 0.469 e. The molecule has 0 amide bonds. The van der Waals surface area contributed by atoms with E-state index < -0.39 is 15.6 Å². The average molecular weight is 636 g/mol. The number of esters is 1. The Morgan fingerprint density at radius 3 is 2.80 bits per heavy atom. The second-order valence-electron chi connectivity index (χ2n) is 12.1. The maximum absolute atomic E-state index is 14.1. The van der Waals surface area contributed by atoms with Crippen LogP contribution in [0.3, 0.4) is 0 Å². The molecule has 0 N–H and O–H groups in total. The molecule has 2 aliphatic carbocycles. The number of sulfonamides is 1. The molecule has 1 atom stereocenters. The molecule has 1 saturated carbocycles. The van der Waals surface area contributed by atoms with Crippen molar-refractivity contribution in [2.75, 3.05) is 13.2 Å². The Morgan fingerprint density at radius 1 is 1.20 bits per heavy atom. The molecule has 230 valence electrons. The molecule has 3 aliphatic rings. The number of hydrogen-bond acceptors (Lipinski definition) is 8. The second kappa shape index (κ2) is 10.8. The van der Waals surface area contributed by atoms with Gasteiger partial charge in [0.25, 0.3) is 0 Å². The van der Waals surface area contributed by atoms with Crippen molar-refractivity contribution in [3.05, 3.63) is 74.9 Å². The number of nitrogens with zero attached hydrogens (tertiary/aromatic N) is 5. The number of carbonyl (C=O) groups excluding carboxylic acids is 1. The predicted molar refractivity (Wildman–Crippen MR) is 164 cm³/mol. The summed E-state index contributed by atoms with van der Waals surface area (Å²) in [5, 5.41) is 8.82. The van der Waals surface area contributed by atoms with Crippen molar-refractivity contribution in [1.82, 2.24) is 24.3 Å². The lowest BCUT2D eigenvalue weighted by atomic mass is 9.83. The van der Waals surface area contributed by atoms with Crippen LogP contribution in [-0.2, 0) is 46.0 Å². The fourth-order valence-corrected chi connectivity index (χ4v) is 8.58. The van der Waals surface area contributed by atoms with Gasteiger partial charge in [-0.25, -0.2) is 18.1 Å². The molecule has 3 heterocycles. The summed E-state index contributed by atoms with van der Waals surface area (Å²) in [7, 11) is -2.10. The summed E-state index contributed by atoms with van der Waals surface area (Å²) in [5.74, 6) is -0.493. The van der Waals surface area contributed by atoms with Crippen LogP contribution >= 0.6 is 11.6 Å². The number of carbonyl (C=O) groups is 1. The van der Waals surface area contributed by atoms with E-state index in [4.69, 9.17) is 21.1 Å². The standard InChI is InChI=1S/C32H34ClN5O5S/c1-4-42-29(39)15-26(24-8-9-27-30(19(24)2)35-36-37(27)3)21-12-20-6-5-7-25(20)22(13-21)17-38-18-32(10-11-32)43-31-28(44(38,40)41)14-23(33)16-34-31/h8-9,12-14,16,26H,4-7,10-11,15,17-18H2,1-3H3/t26-/m1/s1. The van der Waals surface area contributed by atoms with E-state index in [1.807, 2.05) is 26.1 Å². The van der Waals surface area contributed by atoms with E-state index in [0.29, 0.717) is 6.61 Å². The van der Waals surface area contributed by atoms with Crippen molar-refractivity contribution >= 4 is 38.6 Å². The van der Waals surface area contributed by atoms with Gasteiger partial charge in [0.15, 0.2) is 0 Å². The van der Waals surface area contributed by atoms with Gasteiger partial charge < -0.3 is 9.47 Å². The van der Waals surface area contributed by atoms with Gasteiger partial charge in [-0.2, -0.15) is 4.31 Å². The van der Waals surface area contributed by atoms with Gasteiger partial charge in [-0.05, 0) is 91.5 Å². The molecule has 1 spiro atoms. The van der Waals surface area contributed by atoms with Crippen molar-refractivity contribution in [3.8, 4) is 5.88 Å². The van der Waals surface area contributed by atoms with Gasteiger partial charge in [0, 0.05) is 25.7 Å². The van der Waals surface area contributed by atoms with Crippen LogP contribution in [0.15, 0.2) is 41.4 Å². The Balaban J connectivity index is 1.33. The summed E-state index contributed by atoms with van der Waals surface area (Å²) in [6.07, 6.45) is 5.84. The molecule has 10 nitrogen and oxygen atoms in total. The highest BCUT2D eigenvalue weighted by molar-refractivity contribution is 7.89. The minimum absolute atomic E-state index is 0.00494. The Bertz CT molecular complexity index is 1920. The quantitative estimate of drug-likeness (QED) is 0.260. The number of pyridine rings is 1. The van der Waals surface area contributed by atoms with Gasteiger partial charge in [-0.1, -0.05) is 35.0 Å². The van der Waals surface area contributed by atoms with Crippen LogP contribution in [0.5, 0.6) is 5.88 Å². The molecule has 0 bridgehead atoms. The number of rotatable bonds is 7. The van der Waals surface area contributed by atoms with Crippen molar-refractivity contribution < 1.29 is 22.7 Å². The minimum atomic E-state index is -3.96. The van der Waals surface area contributed by atoms with Crippen LogP contribution in [0.1, 0.15) is 71.9 Å². The molecule has 12 heteroatoms. The minimum Gasteiger partial charge on any atom is -0.469 e. The van der Waals surface area contributed by atoms with Crippen LogP contribution < -0.4 is 4.74 Å². The summed E-state index contributed by atoms with van der Waals surface area (Å²) < 4.78 is 43.1. The van der Waals surface area contributed by atoms with Gasteiger partial charge >= 0.3 is 5.97 Å². The zero-order valence-corrected chi connectivity index (χ0v) is 26.5. The first-order valence-electron chi connectivity index (χ1n) is 15.0. The Labute approximate surface area is 261 Å². The first kappa shape index (κ1) is 29.2. The molecule has 1 fully saturated rings. The van der Waals surface area contributed by atoms with Crippen LogP contribution in [-0.4, -0.2) is 57.4 Å². The number of benzene rings is 2. The Hall–Kier alpha value is -3.54. The summed E-state index contributed by atoms with van der Waals surface area (Å²) in [4.78, 5) is 17.2. The molecule has 2 aromatic carbocycles. The molecule has 44 heavy (non-hydrogen) atoms. The highest BCUT2D eigenvalue weighted by Gasteiger charge is 2.52. The molecule has 4 aromatic rings. The third kappa shape index (κ3) is 5.04. The second-order valence-corrected chi connectivity index (χ2v) is 14.5. The van der Waals surface area contributed by atoms with Gasteiger partial charge in [0.1, 0.15) is 16.0 Å². The van der Waals surface area contributed by atoms with E-state index in [9.17, 15) is 13.2 Å². The molecule has 0 saturated heterocycles. The molecular formula is C32H34ClN5O5S. The maximum atomic E-state index is 14.1. The van der Waals surface area contributed by atoms with E-state index in [1.54, 1.807) is 11.6 Å². The number of aryl methyl sites for hydroxylation is 3. The third-order valence-electron chi connectivity index (χ3n) is 9.20. The van der Waals surface area contributed by atoms with Crippen molar-refractivity contribution in [3.63, 3.8) is 0 Å². The van der Waals surface area contributed by atoms with Crippen LogP contribution in [0, 0.1) is 6.92 Å². The number of ether oxygens (including phenoxy) is 2. The lowest BCUT2D eigenvalue weighted by molar-refractivity contribution is -0.143. The van der Waals surface area contributed by atoms with E-state index in [0.717, 1.165) is 65.4 Å². The zero-order chi connectivity index (χ0) is 30.8. The summed E-state index contributed by atoms with van der Waals surface area (Å²) in [6.45, 7) is 4.52. The SMILES string of the molecule is CCOC(=O)C[C@H](c1cc2c(c(CN3CC4(CC4)Oc4ncc(Cl)cc4S3(=O)=O)c1)CCC2)c1ccc2c(nnn2C)c1C. The normalized spacial score (nSPS) is 18.8. The van der Waals surface area contributed by atoms with Gasteiger partial charge in [-0.3, -0.25) is 4.79 Å². The first-order valence-corrected chi connectivity index (χ1v) is 16.8. The lowest BCUT2D eigenvalue weighted by Gasteiger charge is -2.26. The smallest absolute Gasteiger partial charge is 0.306 e. The van der Waals surface area contributed by atoms with E-state index in [2.05, 4.69) is 27.4 Å². The highest BCUT2D eigenvalue weighted by Crippen LogP contribution is 2.47. The summed E-state index contributed by atoms with van der Waals surface area (Å²) in [5.41, 5.74) is 7.31. The fourth-order valence-electron chi connectivity index (χ4n) is 6.77. The predicted octanol–water partition coefficient (Wildman–Crippen LogP) is 5.01. The van der Waals surface area contributed by atoms with Crippen LogP contribution in [0.4, 0.5) is 0 Å². The van der Waals surface area contributed by atoms with Crippen molar-refractivity contribution in [1.29, 1.82) is 0 Å². The molecule has 2 aromatic heterocycles. The lowest BCUT2D eigenvalue weighted by Crippen LogP contribution is -2.38. The fraction of sp³-hybridized carbons (Fsp3) is 0.438. The molecule has 0 unspecified atom stereocenters. The zero-order valence-electron chi connectivity index (χ0n) is 25.0. The van der Waals surface area contributed by atoms with Crippen LogP contribution in [0.2, 0.25) is 5.02 Å². The third-order valence-corrected chi connectivity index (χ3v) is 11.2. The van der Waals surface area contributed by atoms with Gasteiger partial charge in [-0.15, -0.1) is 5.10 Å². The first-order chi connectivity index (χ1) is 21.1. The van der Waals surface area contributed by atoms with Gasteiger partial charge in [0.2, 0.25) is 15.9 Å². The Kier molecular flexibility index (Phi) is 7.17. The van der Waals surface area contributed by atoms with E-state index in [-0.39, 0.29) is 47.2 Å². The number of fused-ring (bicyclic) bond motifs is 3. The molecule has 7 rings (SSSR count). The number of halogens is 1. The molecular weight excluding hydrogens is 602 g/mol. The number of hydrogen-bond donors (Lipinski definition) is 0. The Morgan fingerprint density at radius 2 is 2.02 bits per heavy atom. The van der Waals surface area contributed by atoms with Crippen molar-refractivity contribution in [2.45, 2.75) is 75.3 Å². The van der Waals surface area contributed by atoms with Crippen LogP contribution in [0.25, 0.3) is 11.0 Å². The average Bonchev–Trinajstić information content (AvgIpc) is 3.39. The topological polar surface area (TPSA) is 117 Å².